The molecule has 1 aliphatic rings. The number of carbonyl (C=O) groups is 2. The minimum atomic E-state index is -0.933. The van der Waals surface area contributed by atoms with Crippen molar-refractivity contribution >= 4 is 45.8 Å². The van der Waals surface area contributed by atoms with Crippen molar-refractivity contribution in [3.63, 3.8) is 0 Å². The number of benzene rings is 2. The monoisotopic (exact) mass is 439 g/mol. The third-order valence-corrected chi connectivity index (χ3v) is 5.61. The van der Waals surface area contributed by atoms with Gasteiger partial charge in [0.15, 0.2) is 0 Å². The Balaban J connectivity index is 1.74. The topological polar surface area (TPSA) is 103 Å². The van der Waals surface area contributed by atoms with Crippen molar-refractivity contribution in [3.8, 4) is 5.75 Å². The zero-order valence-corrected chi connectivity index (χ0v) is 18.2. The summed E-state index contributed by atoms with van der Waals surface area (Å²) in [6, 6.07) is 14.8. The highest BCUT2D eigenvalue weighted by atomic mass is 32.2. The normalized spacial score (nSPS) is 15.6. The van der Waals surface area contributed by atoms with Crippen LogP contribution in [0.4, 0.5) is 16.2 Å². The fourth-order valence-electron chi connectivity index (χ4n) is 3.16. The van der Waals surface area contributed by atoms with Crippen molar-refractivity contribution < 1.29 is 19.4 Å². The molecule has 1 unspecified atom stereocenters. The van der Waals surface area contributed by atoms with Gasteiger partial charge in [0.2, 0.25) is 0 Å². The lowest BCUT2D eigenvalue weighted by molar-refractivity contribution is -0.133. The molecule has 2 aromatic carbocycles. The Morgan fingerprint density at radius 1 is 1.29 bits per heavy atom. The lowest BCUT2D eigenvalue weighted by Gasteiger charge is -2.33. The van der Waals surface area contributed by atoms with E-state index in [1.165, 1.54) is 0 Å². The number of aliphatic carboxylic acids is 1. The standard InChI is InChI=1S/C23H25N3O4S/c1-15(8-11-21(24)31-14-22(27)28)17-9-10-19-20(12-17)30-16(2)13-26(19)23(29)25-18-6-4-3-5-7-18/h3-10,12,16,24H,11,13-14H2,1-2H3,(H,25,29)(H,27,28)/b15-8+,24-21?. The predicted molar refractivity (Wildman–Crippen MR) is 125 cm³/mol. The number of carbonyl (C=O) groups excluding carboxylic acids is 1. The van der Waals surface area contributed by atoms with E-state index in [2.05, 4.69) is 5.32 Å². The van der Waals surface area contributed by atoms with E-state index in [-0.39, 0.29) is 17.9 Å². The summed E-state index contributed by atoms with van der Waals surface area (Å²) in [5.41, 5.74) is 3.30. The molecule has 1 aliphatic heterocycles. The largest absolute Gasteiger partial charge is 0.487 e. The lowest BCUT2D eigenvalue weighted by atomic mass is 10.0. The van der Waals surface area contributed by atoms with Gasteiger partial charge in [0.1, 0.15) is 11.9 Å². The second-order valence-electron chi connectivity index (χ2n) is 7.21. The van der Waals surface area contributed by atoms with Crippen LogP contribution in [0.1, 0.15) is 25.8 Å². The number of para-hydroxylation sites is 1. The molecular weight excluding hydrogens is 414 g/mol. The molecule has 0 saturated carbocycles. The van der Waals surface area contributed by atoms with Crippen molar-refractivity contribution in [1.29, 1.82) is 5.41 Å². The zero-order chi connectivity index (χ0) is 22.4. The fraction of sp³-hybridized carbons (Fsp3) is 0.261. The van der Waals surface area contributed by atoms with E-state index in [4.69, 9.17) is 15.3 Å². The molecule has 2 aromatic rings. The van der Waals surface area contributed by atoms with E-state index in [1.54, 1.807) is 4.90 Å². The van der Waals surface area contributed by atoms with Crippen LogP contribution in [0.2, 0.25) is 0 Å². The quantitative estimate of drug-likeness (QED) is 0.429. The molecule has 0 radical (unpaired) electrons. The van der Waals surface area contributed by atoms with Crippen LogP contribution >= 0.6 is 11.8 Å². The van der Waals surface area contributed by atoms with Gasteiger partial charge in [-0.3, -0.25) is 15.1 Å². The van der Waals surface area contributed by atoms with Gasteiger partial charge >= 0.3 is 12.0 Å². The number of carboxylic acids is 1. The van der Waals surface area contributed by atoms with Gasteiger partial charge in [-0.05, 0) is 49.2 Å². The molecule has 1 heterocycles. The van der Waals surface area contributed by atoms with E-state index < -0.39 is 5.97 Å². The van der Waals surface area contributed by atoms with Crippen LogP contribution in [0.5, 0.6) is 5.75 Å². The number of urea groups is 1. The second kappa shape index (κ2) is 10.2. The van der Waals surface area contributed by atoms with Crippen molar-refractivity contribution in [2.75, 3.05) is 22.5 Å². The van der Waals surface area contributed by atoms with Crippen LogP contribution in [-0.4, -0.2) is 40.6 Å². The number of thioether (sulfide) groups is 1. The highest BCUT2D eigenvalue weighted by Gasteiger charge is 2.28. The van der Waals surface area contributed by atoms with Crippen molar-refractivity contribution in [3.05, 3.63) is 60.2 Å². The molecule has 0 bridgehead atoms. The van der Waals surface area contributed by atoms with Gasteiger partial charge in [-0.15, -0.1) is 0 Å². The van der Waals surface area contributed by atoms with Gasteiger partial charge in [0.05, 0.1) is 23.0 Å². The summed E-state index contributed by atoms with van der Waals surface area (Å²) in [6.45, 7) is 4.29. The van der Waals surface area contributed by atoms with E-state index in [0.717, 1.165) is 28.6 Å². The third kappa shape index (κ3) is 6.11. The Kier molecular flexibility index (Phi) is 7.36. The maximum atomic E-state index is 12.9. The molecule has 3 rings (SSSR count). The maximum absolute atomic E-state index is 12.9. The van der Waals surface area contributed by atoms with E-state index in [0.29, 0.717) is 29.4 Å². The van der Waals surface area contributed by atoms with Crippen LogP contribution in [0, 0.1) is 5.41 Å². The van der Waals surface area contributed by atoms with Gasteiger partial charge in [0.25, 0.3) is 0 Å². The average molecular weight is 440 g/mol. The number of ether oxygens (including phenoxy) is 1. The smallest absolute Gasteiger partial charge is 0.326 e. The first-order chi connectivity index (χ1) is 14.8. The summed E-state index contributed by atoms with van der Waals surface area (Å²) in [5, 5.41) is 19.8. The molecule has 3 N–H and O–H groups in total. The second-order valence-corrected chi connectivity index (χ2v) is 8.28. The van der Waals surface area contributed by atoms with Crippen LogP contribution in [0.25, 0.3) is 5.57 Å². The lowest BCUT2D eigenvalue weighted by Crippen LogP contribution is -2.44. The fourth-order valence-corrected chi connectivity index (χ4v) is 3.66. The first-order valence-electron chi connectivity index (χ1n) is 9.87. The summed E-state index contributed by atoms with van der Waals surface area (Å²) in [7, 11) is 0. The minimum absolute atomic E-state index is 0.114. The van der Waals surface area contributed by atoms with Crippen molar-refractivity contribution in [1.82, 2.24) is 0 Å². The molecule has 0 aromatic heterocycles. The summed E-state index contributed by atoms with van der Waals surface area (Å²) in [4.78, 5) is 25.2. The van der Waals surface area contributed by atoms with Crippen LogP contribution in [0.3, 0.4) is 0 Å². The highest BCUT2D eigenvalue weighted by molar-refractivity contribution is 8.14. The molecule has 2 amide bonds. The molecule has 31 heavy (non-hydrogen) atoms. The molecule has 0 saturated heterocycles. The van der Waals surface area contributed by atoms with E-state index in [9.17, 15) is 9.59 Å². The van der Waals surface area contributed by atoms with Gasteiger partial charge in [0, 0.05) is 12.1 Å². The Morgan fingerprint density at radius 2 is 2.03 bits per heavy atom. The first-order valence-corrected chi connectivity index (χ1v) is 10.9. The maximum Gasteiger partial charge on any atom is 0.326 e. The Labute approximate surface area is 185 Å². The number of amides is 2. The predicted octanol–water partition coefficient (Wildman–Crippen LogP) is 5.09. The molecule has 0 aliphatic carbocycles. The number of hydrogen-bond acceptors (Lipinski definition) is 5. The van der Waals surface area contributed by atoms with Crippen molar-refractivity contribution in [2.45, 2.75) is 26.4 Å². The van der Waals surface area contributed by atoms with Gasteiger partial charge in [-0.2, -0.15) is 0 Å². The number of allylic oxidation sites excluding steroid dienone is 2. The first kappa shape index (κ1) is 22.4. The Hall–Kier alpha value is -3.26. The molecule has 162 valence electrons. The van der Waals surface area contributed by atoms with Crippen LogP contribution in [0.15, 0.2) is 54.6 Å². The molecule has 0 fully saturated rings. The Bertz CT molecular complexity index is 1010. The van der Waals surface area contributed by atoms with Gasteiger partial charge in [-0.25, -0.2) is 4.79 Å². The SMILES string of the molecule is C/C(=C\CC(=N)SCC(=O)O)c1ccc2c(c1)OC(C)CN2C(=O)Nc1ccccc1. The number of nitrogens with one attached hydrogen (secondary N) is 2. The molecule has 7 nitrogen and oxygen atoms in total. The van der Waals surface area contributed by atoms with Crippen molar-refractivity contribution in [2.24, 2.45) is 0 Å². The molecular formula is C23H25N3O4S. The summed E-state index contributed by atoms with van der Waals surface area (Å²) in [6.07, 6.45) is 2.10. The zero-order valence-electron chi connectivity index (χ0n) is 17.4. The molecule has 0 spiro atoms. The van der Waals surface area contributed by atoms with Crippen LogP contribution in [-0.2, 0) is 4.79 Å². The molecule has 1 atom stereocenters. The number of rotatable bonds is 6. The minimum Gasteiger partial charge on any atom is -0.487 e. The average Bonchev–Trinajstić information content (AvgIpc) is 2.75. The highest BCUT2D eigenvalue weighted by Crippen LogP contribution is 2.36. The summed E-state index contributed by atoms with van der Waals surface area (Å²) >= 11 is 1.01. The third-order valence-electron chi connectivity index (χ3n) is 4.71. The number of carboxylic acid groups (broad SMARTS) is 1. The number of nitrogens with zero attached hydrogens (tertiary/aromatic N) is 1. The van der Waals surface area contributed by atoms with E-state index in [1.807, 2.05) is 68.5 Å². The van der Waals surface area contributed by atoms with E-state index >= 15 is 0 Å². The van der Waals surface area contributed by atoms with Gasteiger partial charge in [-0.1, -0.05) is 42.1 Å². The Morgan fingerprint density at radius 3 is 2.74 bits per heavy atom. The van der Waals surface area contributed by atoms with Gasteiger partial charge < -0.3 is 15.2 Å². The number of fused-ring (bicyclic) bond motifs is 1. The number of hydrogen-bond donors (Lipinski definition) is 3. The van der Waals surface area contributed by atoms with Crippen LogP contribution < -0.4 is 15.0 Å². The summed E-state index contributed by atoms with van der Waals surface area (Å²) < 4.78 is 5.98. The number of anilines is 2. The molecule has 8 heteroatoms. The summed E-state index contributed by atoms with van der Waals surface area (Å²) in [5.74, 6) is -0.420.